The number of hydrogen-bond donors (Lipinski definition) is 2. The fourth-order valence-electron chi connectivity index (χ4n) is 1.03. The number of hydrogen-bond acceptors (Lipinski definition) is 2. The molecular formula is C8H12O3. The third-order valence-electron chi connectivity index (χ3n) is 1.99. The number of rotatable bonds is 2. The standard InChI is InChI=1S/C8H12O3/c1-5(8(10)11)4-6-2-3-7(6)9/h4-5,7,9H,2-3H2,1H3,(H,10,11)/b6-4-. The second-order valence-electron chi connectivity index (χ2n) is 2.92. The lowest BCUT2D eigenvalue weighted by Gasteiger charge is -2.25. The van der Waals surface area contributed by atoms with Crippen LogP contribution in [0, 0.1) is 5.92 Å². The summed E-state index contributed by atoms with van der Waals surface area (Å²) in [6, 6.07) is 0. The molecule has 2 atom stereocenters. The van der Waals surface area contributed by atoms with E-state index < -0.39 is 11.9 Å². The molecule has 1 rings (SSSR count). The molecule has 1 fully saturated rings. The van der Waals surface area contributed by atoms with Crippen molar-refractivity contribution in [2.45, 2.75) is 25.9 Å². The van der Waals surface area contributed by atoms with Gasteiger partial charge in [0, 0.05) is 0 Å². The van der Waals surface area contributed by atoms with Crippen LogP contribution in [0.5, 0.6) is 0 Å². The van der Waals surface area contributed by atoms with Gasteiger partial charge in [-0.05, 0) is 25.3 Å². The van der Waals surface area contributed by atoms with Crippen molar-refractivity contribution in [2.75, 3.05) is 0 Å². The van der Waals surface area contributed by atoms with E-state index in [4.69, 9.17) is 10.2 Å². The maximum Gasteiger partial charge on any atom is 0.310 e. The molecule has 0 radical (unpaired) electrons. The van der Waals surface area contributed by atoms with Crippen molar-refractivity contribution < 1.29 is 15.0 Å². The van der Waals surface area contributed by atoms with Crippen LogP contribution in [0.3, 0.4) is 0 Å². The average molecular weight is 156 g/mol. The molecule has 0 aromatic carbocycles. The number of aliphatic hydroxyl groups excluding tert-OH is 1. The lowest BCUT2D eigenvalue weighted by atomic mass is 9.86. The number of carboxylic acid groups (broad SMARTS) is 1. The number of carboxylic acids is 1. The van der Waals surface area contributed by atoms with Crippen molar-refractivity contribution in [1.82, 2.24) is 0 Å². The highest BCUT2D eigenvalue weighted by Gasteiger charge is 2.22. The van der Waals surface area contributed by atoms with Crippen LogP contribution in [-0.4, -0.2) is 22.3 Å². The first-order chi connectivity index (χ1) is 5.11. The number of aliphatic hydroxyl groups is 1. The Morgan fingerprint density at radius 1 is 1.82 bits per heavy atom. The first kappa shape index (κ1) is 8.27. The molecule has 0 aliphatic heterocycles. The van der Waals surface area contributed by atoms with Crippen LogP contribution in [-0.2, 0) is 4.79 Å². The lowest BCUT2D eigenvalue weighted by Crippen LogP contribution is -2.22. The quantitative estimate of drug-likeness (QED) is 0.581. The summed E-state index contributed by atoms with van der Waals surface area (Å²) in [5, 5.41) is 17.6. The first-order valence-electron chi connectivity index (χ1n) is 3.72. The molecule has 0 saturated heterocycles. The largest absolute Gasteiger partial charge is 0.481 e. The van der Waals surface area contributed by atoms with Gasteiger partial charge in [0.15, 0.2) is 0 Å². The van der Waals surface area contributed by atoms with Crippen molar-refractivity contribution >= 4 is 5.97 Å². The van der Waals surface area contributed by atoms with Gasteiger partial charge in [0.05, 0.1) is 12.0 Å². The van der Waals surface area contributed by atoms with Crippen LogP contribution in [0.2, 0.25) is 0 Å². The second-order valence-corrected chi connectivity index (χ2v) is 2.92. The molecule has 62 valence electrons. The van der Waals surface area contributed by atoms with Gasteiger partial charge < -0.3 is 10.2 Å². The third kappa shape index (κ3) is 1.80. The van der Waals surface area contributed by atoms with Gasteiger partial charge in [-0.3, -0.25) is 4.79 Å². The first-order valence-corrected chi connectivity index (χ1v) is 3.72. The Morgan fingerprint density at radius 3 is 2.73 bits per heavy atom. The lowest BCUT2D eigenvalue weighted by molar-refractivity contribution is -0.139. The topological polar surface area (TPSA) is 57.5 Å². The number of aliphatic carboxylic acids is 1. The molecule has 0 aromatic heterocycles. The van der Waals surface area contributed by atoms with E-state index in [1.165, 1.54) is 0 Å². The average Bonchev–Trinajstić information content (AvgIpc) is 1.96. The van der Waals surface area contributed by atoms with Crippen LogP contribution >= 0.6 is 0 Å². The Balaban J connectivity index is 2.51. The molecule has 2 unspecified atom stereocenters. The van der Waals surface area contributed by atoms with Crippen molar-refractivity contribution in [3.8, 4) is 0 Å². The minimum atomic E-state index is -0.836. The smallest absolute Gasteiger partial charge is 0.310 e. The van der Waals surface area contributed by atoms with Crippen LogP contribution in [0.15, 0.2) is 11.6 Å². The van der Waals surface area contributed by atoms with Gasteiger partial charge in [-0.2, -0.15) is 0 Å². The highest BCUT2D eigenvalue weighted by molar-refractivity contribution is 5.71. The molecule has 0 amide bonds. The molecule has 11 heavy (non-hydrogen) atoms. The van der Waals surface area contributed by atoms with Crippen molar-refractivity contribution in [3.63, 3.8) is 0 Å². The highest BCUT2D eigenvalue weighted by atomic mass is 16.4. The van der Waals surface area contributed by atoms with E-state index in [0.717, 1.165) is 18.4 Å². The summed E-state index contributed by atoms with van der Waals surface area (Å²) in [5.41, 5.74) is 0.875. The molecule has 1 aliphatic rings. The summed E-state index contributed by atoms with van der Waals surface area (Å²) in [6.45, 7) is 1.61. The van der Waals surface area contributed by atoms with E-state index in [1.807, 2.05) is 0 Å². The van der Waals surface area contributed by atoms with Crippen LogP contribution in [0.4, 0.5) is 0 Å². The van der Waals surface area contributed by atoms with Gasteiger partial charge in [-0.25, -0.2) is 0 Å². The van der Waals surface area contributed by atoms with Crippen LogP contribution in [0.1, 0.15) is 19.8 Å². The Bertz CT molecular complexity index is 196. The second kappa shape index (κ2) is 3.05. The highest BCUT2D eigenvalue weighted by Crippen LogP contribution is 2.27. The molecule has 2 N–H and O–H groups in total. The maximum atomic E-state index is 10.4. The SMILES string of the molecule is CC(/C=C1/CCC1O)C(=O)O. The molecule has 3 heteroatoms. The van der Waals surface area contributed by atoms with Gasteiger partial charge in [-0.15, -0.1) is 0 Å². The van der Waals surface area contributed by atoms with E-state index in [9.17, 15) is 4.79 Å². The Kier molecular flexibility index (Phi) is 2.29. The zero-order valence-electron chi connectivity index (χ0n) is 6.45. The maximum absolute atomic E-state index is 10.4. The van der Waals surface area contributed by atoms with Crippen molar-refractivity contribution in [2.24, 2.45) is 5.92 Å². The molecule has 0 heterocycles. The Morgan fingerprint density at radius 2 is 2.45 bits per heavy atom. The van der Waals surface area contributed by atoms with Gasteiger partial charge in [-0.1, -0.05) is 6.08 Å². The number of carbonyl (C=O) groups is 1. The van der Waals surface area contributed by atoms with E-state index in [-0.39, 0.29) is 6.10 Å². The zero-order chi connectivity index (χ0) is 8.43. The Hall–Kier alpha value is -0.830. The predicted molar refractivity (Wildman–Crippen MR) is 40.1 cm³/mol. The van der Waals surface area contributed by atoms with Gasteiger partial charge in [0.25, 0.3) is 0 Å². The molecule has 0 spiro atoms. The van der Waals surface area contributed by atoms with Crippen molar-refractivity contribution in [1.29, 1.82) is 0 Å². The zero-order valence-corrected chi connectivity index (χ0v) is 6.45. The van der Waals surface area contributed by atoms with Gasteiger partial charge in [0.1, 0.15) is 0 Å². The van der Waals surface area contributed by atoms with Gasteiger partial charge in [0.2, 0.25) is 0 Å². The van der Waals surface area contributed by atoms with E-state index in [2.05, 4.69) is 0 Å². The van der Waals surface area contributed by atoms with E-state index in [1.54, 1.807) is 13.0 Å². The fourth-order valence-corrected chi connectivity index (χ4v) is 1.03. The molecule has 0 bridgehead atoms. The van der Waals surface area contributed by atoms with E-state index in [0.29, 0.717) is 0 Å². The molecule has 0 aromatic rings. The van der Waals surface area contributed by atoms with Crippen molar-refractivity contribution in [3.05, 3.63) is 11.6 Å². The molecule has 1 saturated carbocycles. The summed E-state index contributed by atoms with van der Waals surface area (Å²) in [5.74, 6) is -1.31. The third-order valence-corrected chi connectivity index (χ3v) is 1.99. The minimum Gasteiger partial charge on any atom is -0.481 e. The van der Waals surface area contributed by atoms with Gasteiger partial charge >= 0.3 is 5.97 Å². The fraction of sp³-hybridized carbons (Fsp3) is 0.625. The molecule has 3 nitrogen and oxygen atoms in total. The van der Waals surface area contributed by atoms with E-state index >= 15 is 0 Å². The minimum absolute atomic E-state index is 0.378. The monoisotopic (exact) mass is 156 g/mol. The van der Waals surface area contributed by atoms with Crippen LogP contribution < -0.4 is 0 Å². The summed E-state index contributed by atoms with van der Waals surface area (Å²) in [7, 11) is 0. The normalized spacial score (nSPS) is 29.6. The molecule has 1 aliphatic carbocycles. The molecular weight excluding hydrogens is 144 g/mol. The summed E-state index contributed by atoms with van der Waals surface area (Å²) >= 11 is 0. The summed E-state index contributed by atoms with van der Waals surface area (Å²) < 4.78 is 0. The van der Waals surface area contributed by atoms with Crippen LogP contribution in [0.25, 0.3) is 0 Å². The Labute approximate surface area is 65.3 Å². The summed E-state index contributed by atoms with van der Waals surface area (Å²) in [4.78, 5) is 10.4. The summed E-state index contributed by atoms with van der Waals surface area (Å²) in [6.07, 6.45) is 2.88. The predicted octanol–water partition coefficient (Wildman–Crippen LogP) is 0.788.